The van der Waals surface area contributed by atoms with Crippen LogP contribution in [-0.4, -0.2) is 0 Å². The summed E-state index contributed by atoms with van der Waals surface area (Å²) < 4.78 is 0. The van der Waals surface area contributed by atoms with Gasteiger partial charge in [0, 0.05) is 927 Å². The molecule has 0 unspecified atom stereocenters. The van der Waals surface area contributed by atoms with Gasteiger partial charge in [0.15, 0.2) is 0 Å². The van der Waals surface area contributed by atoms with Crippen LogP contribution in [0.25, 0.3) is 22.3 Å². The predicted octanol–water partition coefficient (Wildman–Crippen LogP) is 7.53. The lowest BCUT2D eigenvalue weighted by Gasteiger charge is -2.30. The molecule has 134 heavy (non-hydrogen) atoms. The average molecular weight is 3680 g/mol. The van der Waals surface area contributed by atoms with Gasteiger partial charge in [-0.05, 0) is 57.1 Å². The van der Waals surface area contributed by atoms with Crippen LogP contribution < -0.4 is 5.32 Å². The van der Waals surface area contributed by atoms with Crippen LogP contribution in [0, 0.1) is 0 Å². The maximum Gasteiger partial charge on any atom is 0.0726 e. The lowest BCUT2D eigenvalue weighted by atomic mass is 9.70. The molecule has 0 saturated heterocycles. The Balaban J connectivity index is 0.000000701. The second-order valence-corrected chi connectivity index (χ2v) is 192. The zero-order valence-electron chi connectivity index (χ0n) is 59.2. The second kappa shape index (κ2) is 111. The van der Waals surface area contributed by atoms with Crippen molar-refractivity contribution in [2.45, 2.75) is 5.41 Å². The van der Waals surface area contributed by atoms with E-state index in [1.165, 1.54) is 62.3 Å². The van der Waals surface area contributed by atoms with Gasteiger partial charge in [-0.1, -0.05) is 103 Å². The first-order chi connectivity index (χ1) is 66.8. The Bertz CT molecular complexity index is 10100. The monoisotopic (exact) mass is 3670 g/mol. The number of benzene rings is 5. The van der Waals surface area contributed by atoms with Gasteiger partial charge in [-0.15, -0.1) is 0 Å². The number of anilines is 2. The first kappa shape index (κ1) is 141. The fraction of sp³-hybridized carbons (Fsp3) is 0.0323. The van der Waals surface area contributed by atoms with E-state index in [4.69, 9.17) is 22.4 Å². The molecule has 0 fully saturated rings. The van der Waals surface area contributed by atoms with Crippen LogP contribution in [0.1, 0.15) is 22.3 Å². The fourth-order valence-corrected chi connectivity index (χ4v) is 276. The minimum absolute atomic E-state index is 0.284. The Kier molecular flexibility index (Phi) is 117. The van der Waals surface area contributed by atoms with Gasteiger partial charge in [0.1, 0.15) is 0 Å². The summed E-state index contributed by atoms with van der Waals surface area (Å²) in [7, 11) is 181. The third-order valence-corrected chi connectivity index (χ3v) is 230. The largest absolute Gasteiger partial charge is 0.355 e. The highest BCUT2D eigenvalue weighted by atomic mass is 33.6. The Morgan fingerprint density at radius 2 is 0.276 bits per heavy atom. The highest BCUT2D eigenvalue weighted by molar-refractivity contribution is 8.87. The summed E-state index contributed by atoms with van der Waals surface area (Å²) in [5, 5.41) is 3.70. The lowest BCUT2D eigenvalue weighted by molar-refractivity contribution is 0.794. The minimum atomic E-state index is -0.284. The van der Waals surface area contributed by atoms with Gasteiger partial charge in [0.05, 0.1) is 5.41 Å². The third kappa shape index (κ3) is 77.2. The molecule has 0 heterocycles. The molecular formula is C31H21NS102. The van der Waals surface area contributed by atoms with Gasteiger partial charge in [0.2, 0.25) is 0 Å². The quantitative estimate of drug-likeness (QED) is 0.193. The molecule has 2 aliphatic carbocycles. The van der Waals surface area contributed by atoms with Gasteiger partial charge < -0.3 is 5.32 Å². The summed E-state index contributed by atoms with van der Waals surface area (Å²) in [5.74, 6) is 0. The van der Waals surface area contributed by atoms with E-state index in [9.17, 15) is 0 Å². The first-order valence-electron chi connectivity index (χ1n) is 28.0. The van der Waals surface area contributed by atoms with Crippen LogP contribution in [0.2, 0.25) is 0 Å². The van der Waals surface area contributed by atoms with Gasteiger partial charge in [-0.2, -0.15) is 0 Å². The van der Waals surface area contributed by atoms with Crippen molar-refractivity contribution in [1.29, 1.82) is 0 Å². The normalized spacial score (nSPS) is 9.31. The Morgan fingerprint density at radius 3 is 0.455 bits per heavy atom. The zero-order chi connectivity index (χ0) is 93.8. The number of hydrogen-bond donors (Lipinski definition) is 1. The van der Waals surface area contributed by atoms with Gasteiger partial charge in [-0.3, -0.25) is 0 Å². The van der Waals surface area contributed by atoms with E-state index >= 15 is 0 Å². The summed E-state index contributed by atoms with van der Waals surface area (Å²) in [5.41, 5.74) is 12.8. The van der Waals surface area contributed by atoms with E-state index < -0.39 is 0 Å². The van der Waals surface area contributed by atoms with Gasteiger partial charge in [-0.25, -0.2) is 0 Å². The molecule has 0 aromatic heterocycles. The van der Waals surface area contributed by atoms with Gasteiger partial charge >= 0.3 is 0 Å². The van der Waals surface area contributed by atoms with Crippen molar-refractivity contribution in [3.63, 3.8) is 0 Å². The summed E-state index contributed by atoms with van der Waals surface area (Å²) in [4.78, 5) is 0. The molecule has 762 valence electrons. The number of hydrogen-bond acceptors (Lipinski definition) is 3. The van der Waals surface area contributed by atoms with E-state index in [1.54, 1.807) is 107 Å². The molecule has 0 bridgehead atoms. The second-order valence-electron chi connectivity index (χ2n) is 15.4. The summed E-state index contributed by atoms with van der Waals surface area (Å²) in [6.07, 6.45) is 0. The molecule has 7 rings (SSSR count). The Labute approximate surface area is 1070 Å². The van der Waals surface area contributed by atoms with Crippen molar-refractivity contribution in [1.82, 2.24) is 0 Å². The first-order valence-corrected chi connectivity index (χ1v) is 163. The minimum Gasteiger partial charge on any atom is -0.355 e. The zero-order valence-corrected chi connectivity index (χ0v) is 142. The average Bonchev–Trinajstić information content (AvgIpc) is 1.51. The number of nitrogens with one attached hydrogen (secondary N) is 1. The molecule has 2 aliphatic rings. The van der Waals surface area contributed by atoms with Crippen LogP contribution in [0.15, 0.2) is 121 Å². The van der Waals surface area contributed by atoms with Crippen molar-refractivity contribution in [2.75, 3.05) is 5.32 Å². The van der Waals surface area contributed by atoms with Crippen molar-refractivity contribution in [3.8, 4) is 22.3 Å². The van der Waals surface area contributed by atoms with E-state index in [-0.39, 0.29) is 5.41 Å². The highest BCUT2D eigenvalue weighted by Crippen LogP contribution is 2.63. The van der Waals surface area contributed by atoms with Crippen LogP contribution in [0.5, 0.6) is 0 Å². The van der Waals surface area contributed by atoms with E-state index in [2.05, 4.69) is 127 Å². The maximum atomic E-state index is 4.83. The molecule has 0 saturated carbocycles. The van der Waals surface area contributed by atoms with E-state index in [0.717, 1.165) is 11.4 Å². The summed E-state index contributed by atoms with van der Waals surface area (Å²) in [6, 6.07) is 44.0. The number of para-hydroxylation sites is 1. The van der Waals surface area contributed by atoms with E-state index in [0.29, 0.717) is 0 Å². The number of fused-ring (bicyclic) bond motifs is 10. The smallest absolute Gasteiger partial charge is 0.0726 e. The molecule has 1 spiro atoms. The lowest BCUT2D eigenvalue weighted by Crippen LogP contribution is -2.25. The molecule has 103 heteroatoms. The molecular weight excluding hydrogens is 3660 g/mol. The fourth-order valence-electron chi connectivity index (χ4n) is 7.04. The third-order valence-electron chi connectivity index (χ3n) is 9.82. The molecule has 0 amide bonds. The molecule has 1 nitrogen and oxygen atoms in total. The summed E-state index contributed by atoms with van der Waals surface area (Å²) in [6.45, 7) is 0. The number of rotatable bonds is 2. The highest BCUT2D eigenvalue weighted by Gasteiger charge is 2.52. The SMILES string of the molecule is S=S=S=S=S=S=S=S=S=S=S=S=S=S=S=S=S=S=S=S=S=S=S=S=S=S=S=S=S=S=S=S=S=S=S=S=S=S=S=S=S=S=S=S=S=S=S=S=S=S=S=S=S=S=S=S=S=S=S=S=S=S=S=S=S=S=S=S=S=S=S=S=S=S=S=S=S=S=S=S=S=S=S=S=S=S=S=S=S=S=S=S=S=S=S=S=S=S=S=S=S=S.c1ccc(Nc2cccc3c2-c2ccccc2C32c3ccccc3-c3ccccc32)cc1. The maximum absolute atomic E-state index is 4.83. The van der Waals surface area contributed by atoms with Crippen molar-refractivity contribution < 1.29 is 0 Å². The molecule has 0 radical (unpaired) electrons. The van der Waals surface area contributed by atoms with Crippen LogP contribution in [0.3, 0.4) is 0 Å². The Morgan fingerprint density at radius 1 is 0.134 bits per heavy atom. The van der Waals surface area contributed by atoms with Gasteiger partial charge in [0.25, 0.3) is 0 Å². The van der Waals surface area contributed by atoms with E-state index in [1.807, 2.05) is 764 Å². The predicted molar refractivity (Wildman–Crippen MR) is 884 cm³/mol. The van der Waals surface area contributed by atoms with Crippen molar-refractivity contribution >= 4 is 922 Å². The standard InChI is InChI=1S/C31H21N.S102/c1-2-11-21(12-3-1)32-29-20-10-19-28-30(29)24-15-6-9-18-27(24)31(28)25-16-7-4-13-22(25)23-14-5-8-17-26(23)31;1-3-5-7-9-11-13-15-17-19-21-23-25-27-29-31-33-35-37-39-41-43-45-47-49-51-53-55-57-59-61-63-65-67-69-71-73-75-77-79-81-83-85-87-89-91-93-95-97-99-101-102-100-98-96-94-92-90-88-86-84-82-80-78-76-74-72-70-68-66-64-62-60-58-56-54-52-50-48-46-44-42-40-38-36-34-32-30-28-26-24-22-20-18-16-14-12-10-8-6-4-2/h1-20,32H;. The van der Waals surface area contributed by atoms with Crippen LogP contribution in [0.4, 0.5) is 11.4 Å². The van der Waals surface area contributed by atoms with Crippen LogP contribution >= 0.6 is 0 Å². The molecule has 0 aliphatic heterocycles. The van der Waals surface area contributed by atoms with Crippen molar-refractivity contribution in [3.05, 3.63) is 144 Å². The molecule has 5 aromatic rings. The topological polar surface area (TPSA) is 12.0 Å². The summed E-state index contributed by atoms with van der Waals surface area (Å²) >= 11 is 9.66. The van der Waals surface area contributed by atoms with Crippen molar-refractivity contribution in [2.24, 2.45) is 0 Å². The molecule has 1 N–H and O–H groups in total. The molecule has 0 atom stereocenters. The Hall–Kier alpha value is 18.3. The van der Waals surface area contributed by atoms with Crippen LogP contribution in [-0.2, 0) is 916 Å². The molecule has 5 aromatic carbocycles.